The van der Waals surface area contributed by atoms with Crippen LogP contribution in [0.25, 0.3) is 0 Å². The number of hydrogen-bond acceptors (Lipinski definition) is 2. The monoisotopic (exact) mass is 258 g/mol. The van der Waals surface area contributed by atoms with Gasteiger partial charge in [-0.3, -0.25) is 0 Å². The summed E-state index contributed by atoms with van der Waals surface area (Å²) in [5.74, 6) is 0. The highest BCUT2D eigenvalue weighted by atomic mass is 16.3. The Kier molecular flexibility index (Phi) is 6.86. The van der Waals surface area contributed by atoms with Crippen LogP contribution in [-0.4, -0.2) is 16.8 Å². The fourth-order valence-electron chi connectivity index (χ4n) is 1.76. The summed E-state index contributed by atoms with van der Waals surface area (Å²) >= 11 is 0. The van der Waals surface area contributed by atoms with Gasteiger partial charge < -0.3 is 10.2 Å². The Morgan fingerprint density at radius 3 is 2.05 bits per heavy atom. The summed E-state index contributed by atoms with van der Waals surface area (Å²) in [4.78, 5) is 0. The van der Waals surface area contributed by atoms with Crippen molar-refractivity contribution in [3.8, 4) is 0 Å². The Hall–Kier alpha value is -1.64. The average Bonchev–Trinajstić information content (AvgIpc) is 2.44. The molecule has 0 saturated carbocycles. The maximum Gasteiger partial charge on any atom is 0.0684 e. The predicted octanol–water partition coefficient (Wildman–Crippen LogP) is 3.02. The lowest BCUT2D eigenvalue weighted by atomic mass is 10.0. The van der Waals surface area contributed by atoms with Crippen molar-refractivity contribution in [2.75, 3.05) is 6.61 Å². The van der Waals surface area contributed by atoms with E-state index in [1.165, 1.54) is 16.7 Å². The minimum Gasteiger partial charge on any atom is -0.396 e. The van der Waals surface area contributed by atoms with Crippen LogP contribution in [0.2, 0.25) is 0 Å². The summed E-state index contributed by atoms with van der Waals surface area (Å²) in [6.07, 6.45) is 0.765. The summed E-state index contributed by atoms with van der Waals surface area (Å²) < 4.78 is 0. The second kappa shape index (κ2) is 8.46. The van der Waals surface area contributed by atoms with Crippen LogP contribution in [0, 0.1) is 13.8 Å². The summed E-state index contributed by atoms with van der Waals surface area (Å²) in [6.45, 7) is 4.47. The lowest BCUT2D eigenvalue weighted by Crippen LogP contribution is -1.90. The largest absolute Gasteiger partial charge is 0.396 e. The fourth-order valence-corrected chi connectivity index (χ4v) is 1.76. The quantitative estimate of drug-likeness (QED) is 0.888. The third-order valence-electron chi connectivity index (χ3n) is 3.13. The van der Waals surface area contributed by atoms with Crippen LogP contribution in [0.1, 0.15) is 22.3 Å². The molecular weight excluding hydrogens is 236 g/mol. The molecule has 0 saturated heterocycles. The highest BCUT2D eigenvalue weighted by molar-refractivity contribution is 5.32. The smallest absolute Gasteiger partial charge is 0.0684 e. The van der Waals surface area contributed by atoms with Gasteiger partial charge in [-0.2, -0.15) is 0 Å². The predicted molar refractivity (Wildman–Crippen MR) is 79.1 cm³/mol. The van der Waals surface area contributed by atoms with Gasteiger partial charge >= 0.3 is 0 Å². The molecule has 0 spiro atoms. The van der Waals surface area contributed by atoms with Gasteiger partial charge in [-0.1, -0.05) is 48.5 Å². The number of aliphatic hydroxyl groups is 2. The molecule has 0 fully saturated rings. The molecule has 19 heavy (non-hydrogen) atoms. The summed E-state index contributed by atoms with van der Waals surface area (Å²) in [6, 6.07) is 15.9. The molecule has 0 aliphatic rings. The molecule has 0 heterocycles. The first-order chi connectivity index (χ1) is 9.19. The lowest BCUT2D eigenvalue weighted by Gasteiger charge is -2.03. The molecule has 0 radical (unpaired) electrons. The van der Waals surface area contributed by atoms with Gasteiger partial charge in [-0.25, -0.2) is 0 Å². The zero-order valence-electron chi connectivity index (χ0n) is 11.6. The molecule has 0 unspecified atom stereocenters. The first kappa shape index (κ1) is 15.4. The molecule has 2 aromatic carbocycles. The Morgan fingerprint density at radius 2 is 1.53 bits per heavy atom. The molecule has 102 valence electrons. The zero-order chi connectivity index (χ0) is 14.1. The molecule has 2 aromatic rings. The number of aliphatic hydroxyl groups excluding tert-OH is 2. The van der Waals surface area contributed by atoms with E-state index in [9.17, 15) is 0 Å². The summed E-state index contributed by atoms with van der Waals surface area (Å²) in [7, 11) is 0. The van der Waals surface area contributed by atoms with E-state index in [0.29, 0.717) is 0 Å². The highest BCUT2D eigenvalue weighted by Crippen LogP contribution is 2.11. The maximum absolute atomic E-state index is 8.84. The first-order valence-corrected chi connectivity index (χ1v) is 6.49. The Morgan fingerprint density at radius 1 is 0.842 bits per heavy atom. The summed E-state index contributed by atoms with van der Waals surface area (Å²) in [5.41, 5.74) is 4.66. The molecule has 0 aliphatic carbocycles. The maximum atomic E-state index is 8.84. The number of hydrogen-bond donors (Lipinski definition) is 2. The lowest BCUT2D eigenvalue weighted by molar-refractivity contribution is 0.281. The van der Waals surface area contributed by atoms with E-state index in [4.69, 9.17) is 10.2 Å². The Labute approximate surface area is 115 Å². The zero-order valence-corrected chi connectivity index (χ0v) is 11.6. The molecule has 2 N–H and O–H groups in total. The number of rotatable bonds is 3. The van der Waals surface area contributed by atoms with Crippen molar-refractivity contribution in [1.82, 2.24) is 0 Å². The van der Waals surface area contributed by atoms with E-state index in [1.54, 1.807) is 0 Å². The van der Waals surface area contributed by atoms with Crippen molar-refractivity contribution in [3.63, 3.8) is 0 Å². The number of aryl methyl sites for hydroxylation is 1. The van der Waals surface area contributed by atoms with E-state index in [1.807, 2.05) is 49.4 Å². The van der Waals surface area contributed by atoms with Crippen LogP contribution in [0.4, 0.5) is 0 Å². The van der Waals surface area contributed by atoms with Crippen molar-refractivity contribution < 1.29 is 10.2 Å². The second-order valence-electron chi connectivity index (χ2n) is 4.48. The molecule has 0 amide bonds. The van der Waals surface area contributed by atoms with Crippen molar-refractivity contribution in [2.24, 2.45) is 0 Å². The molecule has 0 atom stereocenters. The molecule has 2 heteroatoms. The van der Waals surface area contributed by atoms with Crippen molar-refractivity contribution in [1.29, 1.82) is 0 Å². The first-order valence-electron chi connectivity index (χ1n) is 6.49. The van der Waals surface area contributed by atoms with Gasteiger partial charge in [0.2, 0.25) is 0 Å². The van der Waals surface area contributed by atoms with E-state index in [-0.39, 0.29) is 13.2 Å². The van der Waals surface area contributed by atoms with E-state index >= 15 is 0 Å². The van der Waals surface area contributed by atoms with Gasteiger partial charge in [0.1, 0.15) is 0 Å². The highest BCUT2D eigenvalue weighted by Gasteiger charge is 1.96. The minimum atomic E-state index is 0.146. The molecular formula is C17H22O2. The van der Waals surface area contributed by atoms with Crippen LogP contribution in [-0.2, 0) is 13.0 Å². The summed E-state index contributed by atoms with van der Waals surface area (Å²) in [5, 5.41) is 17.4. The van der Waals surface area contributed by atoms with Gasteiger partial charge in [0.25, 0.3) is 0 Å². The van der Waals surface area contributed by atoms with E-state index in [2.05, 4.69) is 13.0 Å². The average molecular weight is 258 g/mol. The third-order valence-corrected chi connectivity index (χ3v) is 3.13. The van der Waals surface area contributed by atoms with Gasteiger partial charge in [0.05, 0.1) is 6.61 Å². The van der Waals surface area contributed by atoms with E-state index in [0.717, 1.165) is 12.0 Å². The van der Waals surface area contributed by atoms with Crippen LogP contribution < -0.4 is 0 Å². The number of benzene rings is 2. The second-order valence-corrected chi connectivity index (χ2v) is 4.48. The molecule has 0 aromatic heterocycles. The van der Waals surface area contributed by atoms with E-state index < -0.39 is 0 Å². The molecule has 2 rings (SSSR count). The third kappa shape index (κ3) is 5.25. The molecule has 0 bridgehead atoms. The van der Waals surface area contributed by atoms with Crippen LogP contribution in [0.15, 0.2) is 48.5 Å². The van der Waals surface area contributed by atoms with Crippen molar-refractivity contribution >= 4 is 0 Å². The van der Waals surface area contributed by atoms with Crippen LogP contribution in [0.5, 0.6) is 0 Å². The van der Waals surface area contributed by atoms with Crippen molar-refractivity contribution in [2.45, 2.75) is 26.9 Å². The molecule has 2 nitrogen and oxygen atoms in total. The van der Waals surface area contributed by atoms with Gasteiger partial charge in [0, 0.05) is 6.61 Å². The molecule has 0 aliphatic heterocycles. The Bertz CT molecular complexity index is 478. The Balaban J connectivity index is 0.000000191. The van der Waals surface area contributed by atoms with Crippen LogP contribution in [0.3, 0.4) is 0 Å². The van der Waals surface area contributed by atoms with Gasteiger partial charge in [-0.15, -0.1) is 0 Å². The topological polar surface area (TPSA) is 40.5 Å². The fraction of sp³-hybridized carbons (Fsp3) is 0.294. The van der Waals surface area contributed by atoms with Gasteiger partial charge in [0.15, 0.2) is 0 Å². The normalized spacial score (nSPS) is 9.68. The van der Waals surface area contributed by atoms with Crippen molar-refractivity contribution in [3.05, 3.63) is 70.8 Å². The van der Waals surface area contributed by atoms with Gasteiger partial charge in [-0.05, 0) is 42.5 Å². The van der Waals surface area contributed by atoms with Crippen LogP contribution >= 0.6 is 0 Å². The standard InChI is InChI=1S/C9H12O.C8H10O/c1-7-4-3-5-9(6-10)8(7)2;9-7-6-8-4-2-1-3-5-8/h3-5,10H,6H2,1-2H3;1-5,9H,6-7H2. The minimum absolute atomic E-state index is 0.146. The SMILES string of the molecule is Cc1cccc(CO)c1C.OCCc1ccccc1.